The maximum Gasteiger partial charge on any atom is 0.327 e. The van der Waals surface area contributed by atoms with Gasteiger partial charge < -0.3 is 10.4 Å². The quantitative estimate of drug-likeness (QED) is 0.359. The van der Waals surface area contributed by atoms with Gasteiger partial charge in [0.2, 0.25) is 0 Å². The van der Waals surface area contributed by atoms with E-state index < -0.39 is 17.2 Å². The van der Waals surface area contributed by atoms with Crippen molar-refractivity contribution in [2.45, 2.75) is 12.8 Å². The maximum absolute atomic E-state index is 12.4. The number of aromatic nitrogens is 4. The molecule has 24 heavy (non-hydrogen) atoms. The van der Waals surface area contributed by atoms with Crippen molar-refractivity contribution in [2.75, 3.05) is 5.32 Å². The highest BCUT2D eigenvalue weighted by Crippen LogP contribution is 2.43. The molecule has 9 heteroatoms. The molecular formula is C15H12ClN5O3. The summed E-state index contributed by atoms with van der Waals surface area (Å²) in [6.07, 6.45) is 0. The van der Waals surface area contributed by atoms with Crippen LogP contribution in [-0.2, 0) is 0 Å². The van der Waals surface area contributed by atoms with Crippen LogP contribution in [0.25, 0.3) is 0 Å². The fourth-order valence-electron chi connectivity index (χ4n) is 3.06. The summed E-state index contributed by atoms with van der Waals surface area (Å²) in [6, 6.07) is 4.74. The zero-order valence-corrected chi connectivity index (χ0v) is 13.2. The van der Waals surface area contributed by atoms with E-state index in [1.54, 1.807) is 12.1 Å². The molecule has 0 fully saturated rings. The average Bonchev–Trinajstić information content (AvgIpc) is 2.89. The molecule has 1 aliphatic rings. The first-order chi connectivity index (χ1) is 11.5. The van der Waals surface area contributed by atoms with Crippen LogP contribution in [0.3, 0.4) is 0 Å². The summed E-state index contributed by atoms with van der Waals surface area (Å²) in [5.41, 5.74) is 1.51. The zero-order chi connectivity index (χ0) is 17.0. The van der Waals surface area contributed by atoms with E-state index in [9.17, 15) is 14.7 Å². The van der Waals surface area contributed by atoms with Crippen molar-refractivity contribution in [3.8, 4) is 5.75 Å². The number of halogens is 1. The predicted octanol–water partition coefficient (Wildman–Crippen LogP) is 1.69. The Labute approximate surface area is 139 Å². The van der Waals surface area contributed by atoms with Gasteiger partial charge in [-0.1, -0.05) is 17.7 Å². The van der Waals surface area contributed by atoms with E-state index in [1.807, 2.05) is 6.92 Å². The summed E-state index contributed by atoms with van der Waals surface area (Å²) in [4.78, 5) is 28.9. The van der Waals surface area contributed by atoms with Crippen molar-refractivity contribution in [3.05, 3.63) is 66.4 Å². The Balaban J connectivity index is 2.05. The molecule has 0 saturated carbocycles. The van der Waals surface area contributed by atoms with Crippen molar-refractivity contribution < 1.29 is 5.11 Å². The third-order valence-electron chi connectivity index (χ3n) is 4.10. The van der Waals surface area contributed by atoms with Crippen LogP contribution in [-0.4, -0.2) is 25.3 Å². The fraction of sp³-hybridized carbons (Fsp3) is 0.133. The monoisotopic (exact) mass is 345 g/mol. The number of aromatic hydroxyl groups is 1. The molecule has 0 radical (unpaired) electrons. The van der Waals surface area contributed by atoms with Crippen LogP contribution in [0.1, 0.15) is 28.3 Å². The van der Waals surface area contributed by atoms with Crippen molar-refractivity contribution in [3.63, 3.8) is 0 Å². The van der Waals surface area contributed by atoms with Gasteiger partial charge in [-0.15, -0.1) is 0 Å². The molecule has 122 valence electrons. The molecule has 5 N–H and O–H groups in total. The van der Waals surface area contributed by atoms with E-state index >= 15 is 0 Å². The molecule has 0 bridgehead atoms. The van der Waals surface area contributed by atoms with E-state index in [-0.39, 0.29) is 16.6 Å². The number of phenolic OH excluding ortho intramolecular Hbond substituents is 1. The van der Waals surface area contributed by atoms with Gasteiger partial charge in [-0.05, 0) is 24.6 Å². The topological polar surface area (TPSA) is 127 Å². The van der Waals surface area contributed by atoms with Gasteiger partial charge in [0, 0.05) is 17.2 Å². The number of H-pyrrole nitrogens is 3. The van der Waals surface area contributed by atoms with Crippen molar-refractivity contribution in [2.24, 2.45) is 0 Å². The Morgan fingerprint density at radius 3 is 2.75 bits per heavy atom. The summed E-state index contributed by atoms with van der Waals surface area (Å²) in [6.45, 7) is 1.84. The second-order valence-corrected chi connectivity index (χ2v) is 5.98. The second-order valence-electron chi connectivity index (χ2n) is 5.58. The standard InChI is InChI=1S/C15H12ClN5O3/c1-5-9-10(6-2-3-8(22)7(16)4-6)11-12(17-13(9)21-20-5)18-15(24)19-14(11)23/h2-4,10,22H,1H3,(H4,17,18,19,20,21,23,24)/t10-/m1/s1. The van der Waals surface area contributed by atoms with E-state index in [0.717, 1.165) is 11.3 Å². The first-order valence-electron chi connectivity index (χ1n) is 7.12. The van der Waals surface area contributed by atoms with E-state index in [2.05, 4.69) is 25.5 Å². The Bertz CT molecular complexity index is 1080. The summed E-state index contributed by atoms with van der Waals surface area (Å²) >= 11 is 6.03. The van der Waals surface area contributed by atoms with Crippen LogP contribution in [0.5, 0.6) is 5.75 Å². The number of anilines is 2. The number of benzene rings is 1. The smallest absolute Gasteiger partial charge is 0.327 e. The number of fused-ring (bicyclic) bond motifs is 2. The minimum atomic E-state index is -0.607. The van der Waals surface area contributed by atoms with Crippen LogP contribution in [0, 0.1) is 6.92 Å². The van der Waals surface area contributed by atoms with Crippen LogP contribution in [0.4, 0.5) is 11.6 Å². The number of nitrogens with one attached hydrogen (secondary N) is 4. The predicted molar refractivity (Wildman–Crippen MR) is 88.4 cm³/mol. The third kappa shape index (κ3) is 2.04. The number of phenols is 1. The third-order valence-corrected chi connectivity index (χ3v) is 4.40. The molecule has 3 heterocycles. The highest BCUT2D eigenvalue weighted by Gasteiger charge is 2.34. The van der Waals surface area contributed by atoms with Crippen LogP contribution < -0.4 is 16.6 Å². The molecule has 1 aromatic carbocycles. The number of hydrogen-bond acceptors (Lipinski definition) is 5. The molecule has 3 aromatic rings. The van der Waals surface area contributed by atoms with Gasteiger partial charge >= 0.3 is 5.69 Å². The Kier molecular flexibility index (Phi) is 3.04. The normalized spacial score (nSPS) is 15.5. The van der Waals surface area contributed by atoms with Crippen LogP contribution in [0.2, 0.25) is 5.02 Å². The van der Waals surface area contributed by atoms with Crippen molar-refractivity contribution in [1.29, 1.82) is 0 Å². The molecule has 1 aliphatic heterocycles. The number of rotatable bonds is 1. The SMILES string of the molecule is Cc1[nH]nc2c1[C@@H](c1ccc(O)c(Cl)c1)c1c([nH]c(=O)[nH]c1=O)N2. The molecular weight excluding hydrogens is 334 g/mol. The van der Waals surface area contributed by atoms with E-state index in [4.69, 9.17) is 11.6 Å². The number of hydrogen-bond donors (Lipinski definition) is 5. The fourth-order valence-corrected chi connectivity index (χ4v) is 3.24. The van der Waals surface area contributed by atoms with Gasteiger partial charge in [0.05, 0.1) is 10.6 Å². The molecule has 1 atom stereocenters. The van der Waals surface area contributed by atoms with Gasteiger partial charge in [0.25, 0.3) is 5.56 Å². The molecule has 8 nitrogen and oxygen atoms in total. The van der Waals surface area contributed by atoms with Gasteiger partial charge in [0.15, 0.2) is 5.82 Å². The molecule has 0 aliphatic carbocycles. The minimum Gasteiger partial charge on any atom is -0.506 e. The lowest BCUT2D eigenvalue weighted by Gasteiger charge is -2.25. The summed E-state index contributed by atoms with van der Waals surface area (Å²) in [5, 5.41) is 19.9. The molecule has 0 unspecified atom stereocenters. The minimum absolute atomic E-state index is 0.0471. The first-order valence-corrected chi connectivity index (χ1v) is 7.50. The molecule has 4 rings (SSSR count). The van der Waals surface area contributed by atoms with Gasteiger partial charge in [-0.3, -0.25) is 19.9 Å². The largest absolute Gasteiger partial charge is 0.506 e. The maximum atomic E-state index is 12.4. The van der Waals surface area contributed by atoms with Gasteiger partial charge in [-0.25, -0.2) is 4.79 Å². The lowest BCUT2D eigenvalue weighted by molar-refractivity contribution is 0.475. The van der Waals surface area contributed by atoms with Crippen molar-refractivity contribution in [1.82, 2.24) is 20.2 Å². The summed E-state index contributed by atoms with van der Waals surface area (Å²) in [7, 11) is 0. The Morgan fingerprint density at radius 2 is 2.00 bits per heavy atom. The molecule has 2 aromatic heterocycles. The Morgan fingerprint density at radius 1 is 1.21 bits per heavy atom. The van der Waals surface area contributed by atoms with Gasteiger partial charge in [0.1, 0.15) is 11.6 Å². The molecule has 0 saturated heterocycles. The number of aromatic amines is 3. The molecule has 0 spiro atoms. The lowest BCUT2D eigenvalue weighted by Crippen LogP contribution is -2.31. The second kappa shape index (κ2) is 5.00. The highest BCUT2D eigenvalue weighted by molar-refractivity contribution is 6.32. The van der Waals surface area contributed by atoms with Crippen molar-refractivity contribution >= 4 is 23.2 Å². The lowest BCUT2D eigenvalue weighted by atomic mass is 9.83. The Hall–Kier alpha value is -3.00. The summed E-state index contributed by atoms with van der Waals surface area (Å²) < 4.78 is 0. The van der Waals surface area contributed by atoms with Crippen LogP contribution >= 0.6 is 11.6 Å². The average molecular weight is 346 g/mol. The van der Waals surface area contributed by atoms with E-state index in [0.29, 0.717) is 16.9 Å². The van der Waals surface area contributed by atoms with E-state index in [1.165, 1.54) is 6.07 Å². The first kappa shape index (κ1) is 14.6. The van der Waals surface area contributed by atoms with Gasteiger partial charge in [-0.2, -0.15) is 5.10 Å². The zero-order valence-electron chi connectivity index (χ0n) is 12.4. The van der Waals surface area contributed by atoms with Crippen LogP contribution in [0.15, 0.2) is 27.8 Å². The summed E-state index contributed by atoms with van der Waals surface area (Å²) in [5.74, 6) is 0.273. The highest BCUT2D eigenvalue weighted by atomic mass is 35.5. The number of nitrogens with zero attached hydrogens (tertiary/aromatic N) is 1. The molecule has 0 amide bonds. The number of aryl methyl sites for hydroxylation is 1.